The van der Waals surface area contributed by atoms with Gasteiger partial charge in [-0.05, 0) is 56.6 Å². The molecular weight excluding hydrogens is 376 g/mol. The van der Waals surface area contributed by atoms with Crippen LogP contribution in [0.4, 0.5) is 5.69 Å². The summed E-state index contributed by atoms with van der Waals surface area (Å²) < 4.78 is 5.16. The average molecular weight is 402 g/mol. The number of hydrogen-bond donors (Lipinski definition) is 1. The highest BCUT2D eigenvalue weighted by molar-refractivity contribution is 6.22. The van der Waals surface area contributed by atoms with Gasteiger partial charge in [-0.3, -0.25) is 19.3 Å². The van der Waals surface area contributed by atoms with E-state index in [0.717, 1.165) is 17.7 Å². The first kappa shape index (κ1) is 21.0. The molecule has 0 spiro atoms. The topological polar surface area (TPSA) is 104 Å². The Balaban J connectivity index is 1.64. The number of piperidine rings is 1. The number of ether oxygens (including phenoxy) is 1. The molecular formula is C21H26N2O6. The minimum absolute atomic E-state index is 0.0807. The lowest BCUT2D eigenvalue weighted by molar-refractivity contribution is -0.143. The zero-order valence-corrected chi connectivity index (χ0v) is 16.5. The number of carbonyl (C=O) groups is 4. The molecule has 156 valence electrons. The first-order valence-electron chi connectivity index (χ1n) is 10.0. The summed E-state index contributed by atoms with van der Waals surface area (Å²) in [5.41, 5.74) is 0.796. The van der Waals surface area contributed by atoms with Crippen molar-refractivity contribution in [3.05, 3.63) is 29.8 Å². The van der Waals surface area contributed by atoms with Crippen LogP contribution in [0.25, 0.3) is 0 Å². The van der Waals surface area contributed by atoms with Gasteiger partial charge in [0.2, 0.25) is 5.91 Å². The molecule has 8 heteroatoms. The highest BCUT2D eigenvalue weighted by Gasteiger charge is 2.43. The molecule has 1 aromatic rings. The molecule has 0 saturated carbocycles. The van der Waals surface area contributed by atoms with Crippen LogP contribution in [-0.2, 0) is 19.1 Å². The number of unbranched alkanes of at least 4 members (excludes halogenated alkanes) is 1. The van der Waals surface area contributed by atoms with Crippen LogP contribution in [0.1, 0.15) is 49.4 Å². The minimum atomic E-state index is -0.812. The Hall–Kier alpha value is -2.74. The second-order valence-electron chi connectivity index (χ2n) is 7.47. The third kappa shape index (κ3) is 4.64. The standard InChI is InChI=1S/C21H26N2O6/c1-2-3-12-29-21(28)15-4-6-16(7-5-15)23-18(24)13-17(19(23)25)22-10-8-14(9-11-22)20(26)27/h4-7,14,17H,2-3,8-13H2,1H3,(H,26,27)/t17-/m0/s1. The van der Waals surface area contributed by atoms with Gasteiger partial charge < -0.3 is 9.84 Å². The first-order chi connectivity index (χ1) is 13.9. The zero-order valence-electron chi connectivity index (χ0n) is 16.5. The summed E-state index contributed by atoms with van der Waals surface area (Å²) in [4.78, 5) is 51.5. The molecule has 29 heavy (non-hydrogen) atoms. The van der Waals surface area contributed by atoms with E-state index < -0.39 is 18.0 Å². The number of benzene rings is 1. The lowest BCUT2D eigenvalue weighted by atomic mass is 9.96. The van der Waals surface area contributed by atoms with Gasteiger partial charge >= 0.3 is 11.9 Å². The van der Waals surface area contributed by atoms with E-state index in [2.05, 4.69) is 0 Å². The molecule has 2 heterocycles. The van der Waals surface area contributed by atoms with Gasteiger partial charge in [0.05, 0.1) is 36.2 Å². The molecule has 2 saturated heterocycles. The molecule has 0 aromatic heterocycles. The highest BCUT2D eigenvalue weighted by atomic mass is 16.5. The summed E-state index contributed by atoms with van der Waals surface area (Å²) in [5.74, 6) is -2.23. The van der Waals surface area contributed by atoms with Crippen molar-refractivity contribution in [2.75, 3.05) is 24.6 Å². The largest absolute Gasteiger partial charge is 0.481 e. The molecule has 0 bridgehead atoms. The quantitative estimate of drug-likeness (QED) is 0.423. The third-order valence-electron chi connectivity index (χ3n) is 5.53. The maximum atomic E-state index is 12.9. The Morgan fingerprint density at radius 3 is 2.38 bits per heavy atom. The van der Waals surface area contributed by atoms with Crippen molar-refractivity contribution in [1.29, 1.82) is 0 Å². The number of rotatable bonds is 7. The van der Waals surface area contributed by atoms with Gasteiger partial charge in [-0.25, -0.2) is 9.69 Å². The number of nitrogens with zero attached hydrogens (tertiary/aromatic N) is 2. The average Bonchev–Trinajstić information content (AvgIpc) is 3.02. The van der Waals surface area contributed by atoms with Crippen LogP contribution in [-0.4, -0.2) is 59.5 Å². The molecule has 0 unspecified atom stereocenters. The van der Waals surface area contributed by atoms with E-state index >= 15 is 0 Å². The molecule has 8 nitrogen and oxygen atoms in total. The van der Waals surface area contributed by atoms with Gasteiger partial charge in [0.25, 0.3) is 5.91 Å². The van der Waals surface area contributed by atoms with E-state index in [1.807, 2.05) is 11.8 Å². The van der Waals surface area contributed by atoms with Crippen LogP contribution in [0, 0.1) is 5.92 Å². The lowest BCUT2D eigenvalue weighted by Crippen LogP contribution is -2.46. The molecule has 1 aromatic carbocycles. The van der Waals surface area contributed by atoms with Gasteiger partial charge in [-0.1, -0.05) is 13.3 Å². The van der Waals surface area contributed by atoms with Crippen molar-refractivity contribution in [2.24, 2.45) is 5.92 Å². The van der Waals surface area contributed by atoms with E-state index in [4.69, 9.17) is 9.84 Å². The summed E-state index contributed by atoms with van der Waals surface area (Å²) in [5, 5.41) is 9.12. The van der Waals surface area contributed by atoms with Gasteiger partial charge in [0, 0.05) is 0 Å². The van der Waals surface area contributed by atoms with Crippen molar-refractivity contribution >= 4 is 29.4 Å². The van der Waals surface area contributed by atoms with Crippen LogP contribution in [0.2, 0.25) is 0 Å². The van der Waals surface area contributed by atoms with Crippen molar-refractivity contribution < 1.29 is 29.0 Å². The Bertz CT molecular complexity index is 783. The van der Waals surface area contributed by atoms with E-state index in [1.54, 1.807) is 24.3 Å². The number of likely N-dealkylation sites (tertiary alicyclic amines) is 1. The molecule has 1 N–H and O–H groups in total. The van der Waals surface area contributed by atoms with Gasteiger partial charge in [-0.15, -0.1) is 0 Å². The fraction of sp³-hybridized carbons (Fsp3) is 0.524. The fourth-order valence-corrected chi connectivity index (χ4v) is 3.77. The molecule has 1 atom stereocenters. The van der Waals surface area contributed by atoms with Gasteiger partial charge in [0.1, 0.15) is 0 Å². The summed E-state index contributed by atoms with van der Waals surface area (Å²) in [6, 6.07) is 5.69. The molecule has 2 aliphatic rings. The summed E-state index contributed by atoms with van der Waals surface area (Å²) in [7, 11) is 0. The summed E-state index contributed by atoms with van der Waals surface area (Å²) in [6.45, 7) is 3.34. The zero-order chi connectivity index (χ0) is 21.0. The Morgan fingerprint density at radius 2 is 1.79 bits per heavy atom. The van der Waals surface area contributed by atoms with Crippen molar-refractivity contribution in [2.45, 2.75) is 45.1 Å². The molecule has 0 aliphatic carbocycles. The molecule has 2 fully saturated rings. The number of anilines is 1. The third-order valence-corrected chi connectivity index (χ3v) is 5.53. The maximum absolute atomic E-state index is 12.9. The second kappa shape index (κ2) is 9.17. The van der Waals surface area contributed by atoms with Crippen LogP contribution < -0.4 is 4.90 Å². The van der Waals surface area contributed by atoms with Crippen molar-refractivity contribution in [3.63, 3.8) is 0 Å². The number of carboxylic acids is 1. The number of carbonyl (C=O) groups excluding carboxylic acids is 3. The number of carboxylic acid groups (broad SMARTS) is 1. The minimum Gasteiger partial charge on any atom is -0.481 e. The predicted octanol–water partition coefficient (Wildman–Crippen LogP) is 2.07. The maximum Gasteiger partial charge on any atom is 0.338 e. The van der Waals surface area contributed by atoms with E-state index in [1.165, 1.54) is 0 Å². The predicted molar refractivity (Wildman–Crippen MR) is 104 cm³/mol. The first-order valence-corrected chi connectivity index (χ1v) is 10.0. The van der Waals surface area contributed by atoms with Crippen LogP contribution >= 0.6 is 0 Å². The summed E-state index contributed by atoms with van der Waals surface area (Å²) in [6.07, 6.45) is 2.76. The Morgan fingerprint density at radius 1 is 1.14 bits per heavy atom. The van der Waals surface area contributed by atoms with Crippen LogP contribution in [0.15, 0.2) is 24.3 Å². The Labute approximate surface area is 169 Å². The monoisotopic (exact) mass is 402 g/mol. The second-order valence-corrected chi connectivity index (χ2v) is 7.47. The normalized spacial score (nSPS) is 20.9. The smallest absolute Gasteiger partial charge is 0.338 e. The van der Waals surface area contributed by atoms with Crippen LogP contribution in [0.5, 0.6) is 0 Å². The van der Waals surface area contributed by atoms with E-state index in [-0.39, 0.29) is 24.2 Å². The number of aliphatic carboxylic acids is 1. The Kier molecular flexibility index (Phi) is 6.64. The highest BCUT2D eigenvalue weighted by Crippen LogP contribution is 2.29. The molecule has 0 radical (unpaired) electrons. The number of esters is 1. The van der Waals surface area contributed by atoms with Gasteiger partial charge in [0.15, 0.2) is 0 Å². The van der Waals surface area contributed by atoms with E-state index in [9.17, 15) is 19.2 Å². The number of imide groups is 1. The van der Waals surface area contributed by atoms with Gasteiger partial charge in [-0.2, -0.15) is 0 Å². The molecule has 3 rings (SSSR count). The molecule has 2 amide bonds. The molecule has 2 aliphatic heterocycles. The summed E-state index contributed by atoms with van der Waals surface area (Å²) >= 11 is 0. The van der Waals surface area contributed by atoms with Crippen molar-refractivity contribution in [1.82, 2.24) is 4.90 Å². The van der Waals surface area contributed by atoms with Crippen molar-refractivity contribution in [3.8, 4) is 0 Å². The lowest BCUT2D eigenvalue weighted by Gasteiger charge is -2.33. The van der Waals surface area contributed by atoms with Crippen LogP contribution in [0.3, 0.4) is 0 Å². The fourth-order valence-electron chi connectivity index (χ4n) is 3.77. The number of amides is 2. The van der Waals surface area contributed by atoms with E-state index in [0.29, 0.717) is 43.8 Å². The number of hydrogen-bond acceptors (Lipinski definition) is 6. The SMILES string of the molecule is CCCCOC(=O)c1ccc(N2C(=O)C[C@H](N3CCC(C(=O)O)CC3)C2=O)cc1.